The van der Waals surface area contributed by atoms with Crippen LogP contribution in [0.5, 0.6) is 0 Å². The number of nitrogens with one attached hydrogen (secondary N) is 1. The average molecular weight is 364 g/mol. The number of H-pyrrole nitrogens is 1. The third-order valence-corrected chi connectivity index (χ3v) is 4.67. The molecule has 2 rings (SSSR count). The first-order chi connectivity index (χ1) is 12.2. The lowest BCUT2D eigenvalue weighted by Crippen LogP contribution is -2.44. The molecule has 1 aliphatic heterocycles. The van der Waals surface area contributed by atoms with Gasteiger partial charge in [-0.15, -0.1) is 0 Å². The predicted octanol–water partition coefficient (Wildman–Crippen LogP) is 2.47. The first kappa shape index (κ1) is 20.0. The highest BCUT2D eigenvalue weighted by Gasteiger charge is 2.27. The molecule has 2 atom stereocenters. The first-order valence-corrected chi connectivity index (χ1v) is 9.05. The number of carbonyl (C=O) groups excluding carboxylic acids is 3. The van der Waals surface area contributed by atoms with E-state index in [1.807, 2.05) is 0 Å². The molecule has 1 N–H and O–H groups in total. The zero-order valence-electron chi connectivity index (χ0n) is 16.2. The average Bonchev–Trinajstić information content (AvgIpc) is 2.86. The van der Waals surface area contributed by atoms with Gasteiger partial charge < -0.3 is 19.4 Å². The lowest BCUT2D eigenvalue weighted by atomic mass is 9.92. The summed E-state index contributed by atoms with van der Waals surface area (Å²) >= 11 is 0. The molecule has 2 heterocycles. The minimum absolute atomic E-state index is 0.179. The van der Waals surface area contributed by atoms with Gasteiger partial charge in [0.2, 0.25) is 0 Å². The summed E-state index contributed by atoms with van der Waals surface area (Å²) in [7, 11) is 0. The Morgan fingerprint density at radius 1 is 1.08 bits per heavy atom. The molecular weight excluding hydrogens is 336 g/mol. The fourth-order valence-corrected chi connectivity index (χ4v) is 3.62. The summed E-state index contributed by atoms with van der Waals surface area (Å²) in [6.45, 7) is 10.6. The lowest BCUT2D eigenvalue weighted by Gasteiger charge is -2.34. The van der Waals surface area contributed by atoms with Crippen molar-refractivity contribution in [1.29, 1.82) is 0 Å². The number of amides is 1. The van der Waals surface area contributed by atoms with Crippen molar-refractivity contribution in [1.82, 2.24) is 9.88 Å². The molecule has 0 saturated carbocycles. The summed E-state index contributed by atoms with van der Waals surface area (Å²) in [5.41, 5.74) is 1.53. The maximum absolute atomic E-state index is 12.4. The molecular formula is C19H28N2O5. The standard InChI is InChI=1S/C19H28N2O5/c1-6-25-18(23)16-13(4)17(20-14(16)5)19(24)26-10-15(22)21-8-11(2)7-12(3)9-21/h11-12,20H,6-10H2,1-5H3/t11-,12-/m1/s1. The highest BCUT2D eigenvalue weighted by atomic mass is 16.5. The van der Waals surface area contributed by atoms with Crippen LogP contribution in [0.4, 0.5) is 0 Å². The second-order valence-electron chi connectivity index (χ2n) is 7.17. The molecule has 0 spiro atoms. The first-order valence-electron chi connectivity index (χ1n) is 9.05. The molecule has 1 aromatic heterocycles. The van der Waals surface area contributed by atoms with E-state index in [4.69, 9.17) is 9.47 Å². The number of carbonyl (C=O) groups is 3. The molecule has 26 heavy (non-hydrogen) atoms. The van der Waals surface area contributed by atoms with Crippen LogP contribution < -0.4 is 0 Å². The molecule has 1 amide bonds. The number of hydrogen-bond acceptors (Lipinski definition) is 5. The van der Waals surface area contributed by atoms with Gasteiger partial charge in [-0.1, -0.05) is 13.8 Å². The smallest absolute Gasteiger partial charge is 0.355 e. The second kappa shape index (κ2) is 8.38. The predicted molar refractivity (Wildman–Crippen MR) is 96.0 cm³/mol. The number of aryl methyl sites for hydroxylation is 1. The van der Waals surface area contributed by atoms with Crippen molar-refractivity contribution in [2.24, 2.45) is 11.8 Å². The third-order valence-electron chi connectivity index (χ3n) is 4.67. The Bertz CT molecular complexity index is 684. The van der Waals surface area contributed by atoms with Crippen LogP contribution in [0, 0.1) is 25.7 Å². The van der Waals surface area contributed by atoms with E-state index in [1.165, 1.54) is 0 Å². The Balaban J connectivity index is 2.01. The molecule has 1 aromatic rings. The minimum atomic E-state index is -0.646. The van der Waals surface area contributed by atoms with Crippen LogP contribution >= 0.6 is 0 Å². The molecule has 1 saturated heterocycles. The number of likely N-dealkylation sites (tertiary alicyclic amines) is 1. The molecule has 0 aliphatic carbocycles. The number of esters is 2. The Labute approximate surface area is 154 Å². The van der Waals surface area contributed by atoms with E-state index in [9.17, 15) is 14.4 Å². The van der Waals surface area contributed by atoms with Gasteiger partial charge in [0.1, 0.15) is 5.69 Å². The molecule has 7 heteroatoms. The quantitative estimate of drug-likeness (QED) is 0.811. The number of hydrogen-bond donors (Lipinski definition) is 1. The van der Waals surface area contributed by atoms with Gasteiger partial charge in [-0.3, -0.25) is 4.79 Å². The van der Waals surface area contributed by atoms with Gasteiger partial charge in [0, 0.05) is 18.8 Å². The van der Waals surface area contributed by atoms with Gasteiger partial charge in [0.25, 0.3) is 5.91 Å². The van der Waals surface area contributed by atoms with Gasteiger partial charge in [-0.2, -0.15) is 0 Å². The number of ether oxygens (including phenoxy) is 2. The topological polar surface area (TPSA) is 88.7 Å². The van der Waals surface area contributed by atoms with E-state index in [2.05, 4.69) is 18.8 Å². The lowest BCUT2D eigenvalue weighted by molar-refractivity contribution is -0.137. The van der Waals surface area contributed by atoms with Crippen molar-refractivity contribution >= 4 is 17.8 Å². The summed E-state index contributed by atoms with van der Waals surface area (Å²) in [5, 5.41) is 0. The van der Waals surface area contributed by atoms with Gasteiger partial charge in [-0.05, 0) is 44.6 Å². The molecule has 0 bridgehead atoms. The van der Waals surface area contributed by atoms with Gasteiger partial charge in [0.05, 0.1) is 12.2 Å². The van der Waals surface area contributed by atoms with Crippen LogP contribution in [0.1, 0.15) is 59.3 Å². The van der Waals surface area contributed by atoms with Crippen LogP contribution in [0.2, 0.25) is 0 Å². The Morgan fingerprint density at radius 2 is 1.69 bits per heavy atom. The van der Waals surface area contributed by atoms with E-state index in [1.54, 1.807) is 25.7 Å². The van der Waals surface area contributed by atoms with Crippen LogP contribution in [0.15, 0.2) is 0 Å². The molecule has 1 fully saturated rings. The van der Waals surface area contributed by atoms with E-state index in [-0.39, 0.29) is 24.8 Å². The van der Waals surface area contributed by atoms with Crippen LogP contribution in [0.3, 0.4) is 0 Å². The number of nitrogens with zero attached hydrogens (tertiary/aromatic N) is 1. The summed E-state index contributed by atoms with van der Waals surface area (Å²) in [6.07, 6.45) is 1.10. The van der Waals surface area contributed by atoms with E-state index < -0.39 is 11.9 Å². The van der Waals surface area contributed by atoms with Gasteiger partial charge in [-0.25, -0.2) is 9.59 Å². The summed E-state index contributed by atoms with van der Waals surface area (Å²) in [4.78, 5) is 41.3. The monoisotopic (exact) mass is 364 g/mol. The third kappa shape index (κ3) is 4.45. The van der Waals surface area contributed by atoms with E-state index in [0.717, 1.165) is 6.42 Å². The fraction of sp³-hybridized carbons (Fsp3) is 0.632. The summed E-state index contributed by atoms with van der Waals surface area (Å²) < 4.78 is 10.2. The number of piperidine rings is 1. The molecule has 0 radical (unpaired) electrons. The zero-order valence-corrected chi connectivity index (χ0v) is 16.2. The molecule has 7 nitrogen and oxygen atoms in total. The van der Waals surface area contributed by atoms with Crippen molar-refractivity contribution in [3.63, 3.8) is 0 Å². The Hall–Kier alpha value is -2.31. The molecule has 0 aromatic carbocycles. The summed E-state index contributed by atoms with van der Waals surface area (Å²) in [5.74, 6) is -0.432. The van der Waals surface area contributed by atoms with Gasteiger partial charge >= 0.3 is 11.9 Å². The summed E-state index contributed by atoms with van der Waals surface area (Å²) in [6, 6.07) is 0. The maximum Gasteiger partial charge on any atom is 0.355 e. The van der Waals surface area contributed by atoms with E-state index in [0.29, 0.717) is 41.7 Å². The van der Waals surface area contributed by atoms with Crippen molar-refractivity contribution in [3.8, 4) is 0 Å². The normalized spacial score (nSPS) is 20.0. The molecule has 144 valence electrons. The Morgan fingerprint density at radius 3 is 2.27 bits per heavy atom. The highest BCUT2D eigenvalue weighted by Crippen LogP contribution is 2.22. The van der Waals surface area contributed by atoms with Crippen molar-refractivity contribution in [2.45, 2.75) is 41.0 Å². The van der Waals surface area contributed by atoms with Gasteiger partial charge in [0.15, 0.2) is 6.61 Å². The second-order valence-corrected chi connectivity index (χ2v) is 7.17. The van der Waals surface area contributed by atoms with E-state index >= 15 is 0 Å². The van der Waals surface area contributed by atoms with Crippen LogP contribution in [-0.4, -0.2) is 54.0 Å². The SMILES string of the molecule is CCOC(=O)c1c(C)[nH]c(C(=O)OCC(=O)N2C[C@H](C)C[C@@H](C)C2)c1C. The molecule has 1 aliphatic rings. The number of aromatic amines is 1. The highest BCUT2D eigenvalue weighted by molar-refractivity contribution is 5.99. The minimum Gasteiger partial charge on any atom is -0.462 e. The zero-order chi connectivity index (χ0) is 19.4. The van der Waals surface area contributed by atoms with Crippen LogP contribution in [-0.2, 0) is 14.3 Å². The van der Waals surface area contributed by atoms with Crippen molar-refractivity contribution in [3.05, 3.63) is 22.5 Å². The van der Waals surface area contributed by atoms with Crippen molar-refractivity contribution in [2.75, 3.05) is 26.3 Å². The maximum atomic E-state index is 12.4. The Kier molecular flexibility index (Phi) is 6.45. The number of rotatable bonds is 5. The van der Waals surface area contributed by atoms with Crippen molar-refractivity contribution < 1.29 is 23.9 Å². The largest absolute Gasteiger partial charge is 0.462 e. The number of aromatic nitrogens is 1. The molecule has 0 unspecified atom stereocenters. The van der Waals surface area contributed by atoms with Crippen LogP contribution in [0.25, 0.3) is 0 Å². The fourth-order valence-electron chi connectivity index (χ4n) is 3.62.